The van der Waals surface area contributed by atoms with Crippen LogP contribution in [0, 0.1) is 13.8 Å². The molecule has 1 aromatic carbocycles. The molecular formula is C18H26N4O2S. The van der Waals surface area contributed by atoms with E-state index in [4.69, 9.17) is 0 Å². The van der Waals surface area contributed by atoms with Crippen molar-refractivity contribution in [3.8, 4) is 0 Å². The highest BCUT2D eigenvalue weighted by Crippen LogP contribution is 2.17. The van der Waals surface area contributed by atoms with Crippen molar-refractivity contribution in [1.82, 2.24) is 18.8 Å². The molecule has 2 heterocycles. The summed E-state index contributed by atoms with van der Waals surface area (Å²) in [4.78, 5) is 0. The molecule has 1 aliphatic heterocycles. The molecule has 25 heavy (non-hydrogen) atoms. The topological polar surface area (TPSA) is 67.2 Å². The van der Waals surface area contributed by atoms with Gasteiger partial charge in [0.1, 0.15) is 0 Å². The summed E-state index contributed by atoms with van der Waals surface area (Å²) in [5, 5.41) is 4.59. The maximum absolute atomic E-state index is 12.5. The molecule has 0 spiro atoms. The Labute approximate surface area is 150 Å². The van der Waals surface area contributed by atoms with Crippen LogP contribution in [0.2, 0.25) is 0 Å². The van der Waals surface area contributed by atoms with E-state index in [-0.39, 0.29) is 6.54 Å². The Kier molecular flexibility index (Phi) is 5.56. The lowest BCUT2D eigenvalue weighted by molar-refractivity contribution is 0.341. The van der Waals surface area contributed by atoms with Crippen molar-refractivity contribution in [2.24, 2.45) is 0 Å². The predicted molar refractivity (Wildman–Crippen MR) is 98.4 cm³/mol. The van der Waals surface area contributed by atoms with Crippen LogP contribution in [0.15, 0.2) is 30.3 Å². The molecule has 0 atom stereocenters. The van der Waals surface area contributed by atoms with Gasteiger partial charge in [0.15, 0.2) is 0 Å². The van der Waals surface area contributed by atoms with Gasteiger partial charge in [0.2, 0.25) is 0 Å². The largest absolute Gasteiger partial charge is 0.279 e. The second-order valence-electron chi connectivity index (χ2n) is 6.58. The van der Waals surface area contributed by atoms with Crippen LogP contribution in [0.25, 0.3) is 0 Å². The fourth-order valence-electron chi connectivity index (χ4n) is 3.26. The van der Waals surface area contributed by atoms with Crippen molar-refractivity contribution in [2.45, 2.75) is 46.2 Å². The summed E-state index contributed by atoms with van der Waals surface area (Å²) in [6, 6.07) is 10.1. The SMILES string of the molecule is Cc1nn(Cc2ccccc2)c(C)c1CNS(=O)(=O)N1CCCCC1. The van der Waals surface area contributed by atoms with Crippen molar-refractivity contribution in [3.05, 3.63) is 52.8 Å². The summed E-state index contributed by atoms with van der Waals surface area (Å²) >= 11 is 0. The highest BCUT2D eigenvalue weighted by atomic mass is 32.2. The molecule has 1 aliphatic rings. The minimum Gasteiger partial charge on any atom is -0.265 e. The molecule has 7 heteroatoms. The molecule has 1 aromatic heterocycles. The number of nitrogens with zero attached hydrogens (tertiary/aromatic N) is 3. The third-order valence-corrected chi connectivity index (χ3v) is 6.35. The fraction of sp³-hybridized carbons (Fsp3) is 0.500. The zero-order valence-corrected chi connectivity index (χ0v) is 15.7. The lowest BCUT2D eigenvalue weighted by Crippen LogP contribution is -2.43. The molecule has 0 amide bonds. The maximum Gasteiger partial charge on any atom is 0.279 e. The highest BCUT2D eigenvalue weighted by Gasteiger charge is 2.24. The maximum atomic E-state index is 12.5. The van der Waals surface area contributed by atoms with Crippen molar-refractivity contribution in [3.63, 3.8) is 0 Å². The molecule has 0 unspecified atom stereocenters. The van der Waals surface area contributed by atoms with Crippen LogP contribution in [-0.2, 0) is 23.3 Å². The standard InChI is InChI=1S/C18H26N4O2S/c1-15-18(13-19-25(23,24)21-11-7-4-8-12-21)16(2)22(20-15)14-17-9-5-3-6-10-17/h3,5-6,9-10,19H,4,7-8,11-14H2,1-2H3. The smallest absolute Gasteiger partial charge is 0.265 e. The van der Waals surface area contributed by atoms with Gasteiger partial charge in [0.05, 0.1) is 12.2 Å². The van der Waals surface area contributed by atoms with Gasteiger partial charge in [0.25, 0.3) is 10.2 Å². The lowest BCUT2D eigenvalue weighted by Gasteiger charge is -2.25. The quantitative estimate of drug-likeness (QED) is 0.858. The third-order valence-electron chi connectivity index (χ3n) is 4.79. The lowest BCUT2D eigenvalue weighted by atomic mass is 10.2. The minimum atomic E-state index is -3.42. The molecule has 0 saturated carbocycles. The summed E-state index contributed by atoms with van der Waals surface area (Å²) in [6.07, 6.45) is 2.98. The van der Waals surface area contributed by atoms with Crippen molar-refractivity contribution in [2.75, 3.05) is 13.1 Å². The first kappa shape index (κ1) is 18.1. The van der Waals surface area contributed by atoms with Gasteiger partial charge in [-0.25, -0.2) is 0 Å². The van der Waals surface area contributed by atoms with E-state index in [0.717, 1.165) is 36.2 Å². The molecule has 0 radical (unpaired) electrons. The van der Waals surface area contributed by atoms with E-state index < -0.39 is 10.2 Å². The summed E-state index contributed by atoms with van der Waals surface area (Å²) in [5.74, 6) is 0. The van der Waals surface area contributed by atoms with Crippen LogP contribution in [0.4, 0.5) is 0 Å². The molecule has 6 nitrogen and oxygen atoms in total. The van der Waals surface area contributed by atoms with E-state index in [9.17, 15) is 8.42 Å². The third kappa shape index (κ3) is 4.29. The first-order valence-corrected chi connectivity index (χ1v) is 10.2. The zero-order chi connectivity index (χ0) is 17.9. The molecule has 1 saturated heterocycles. The summed E-state index contributed by atoms with van der Waals surface area (Å²) < 4.78 is 31.2. The van der Waals surface area contributed by atoms with E-state index in [0.29, 0.717) is 19.6 Å². The van der Waals surface area contributed by atoms with E-state index in [2.05, 4.69) is 22.0 Å². The van der Waals surface area contributed by atoms with Gasteiger partial charge in [-0.05, 0) is 32.3 Å². The first-order chi connectivity index (χ1) is 12.0. The van der Waals surface area contributed by atoms with Crippen LogP contribution in [0.5, 0.6) is 0 Å². The summed E-state index contributed by atoms with van der Waals surface area (Å²) in [6.45, 7) is 6.12. The highest BCUT2D eigenvalue weighted by molar-refractivity contribution is 7.87. The van der Waals surface area contributed by atoms with Gasteiger partial charge < -0.3 is 0 Å². The van der Waals surface area contributed by atoms with Crippen LogP contribution >= 0.6 is 0 Å². The molecule has 1 fully saturated rings. The first-order valence-electron chi connectivity index (χ1n) is 8.79. The monoisotopic (exact) mass is 362 g/mol. The Balaban J connectivity index is 1.70. The van der Waals surface area contributed by atoms with Gasteiger partial charge in [-0.15, -0.1) is 0 Å². The average Bonchev–Trinajstić information content (AvgIpc) is 2.88. The molecule has 2 aromatic rings. The number of nitrogens with one attached hydrogen (secondary N) is 1. The number of rotatable bonds is 6. The van der Waals surface area contributed by atoms with Gasteiger partial charge in [-0.2, -0.15) is 22.5 Å². The number of aryl methyl sites for hydroxylation is 1. The van der Waals surface area contributed by atoms with Crippen molar-refractivity contribution >= 4 is 10.2 Å². The molecular weight excluding hydrogens is 336 g/mol. The van der Waals surface area contributed by atoms with Crippen molar-refractivity contribution in [1.29, 1.82) is 0 Å². The Morgan fingerprint density at radius 3 is 2.44 bits per heavy atom. The van der Waals surface area contributed by atoms with E-state index in [1.54, 1.807) is 4.31 Å². The average molecular weight is 362 g/mol. The van der Waals surface area contributed by atoms with Crippen LogP contribution < -0.4 is 4.72 Å². The minimum absolute atomic E-state index is 0.283. The Hall–Kier alpha value is -1.70. The zero-order valence-electron chi connectivity index (χ0n) is 14.9. The summed E-state index contributed by atoms with van der Waals surface area (Å²) in [7, 11) is -3.42. The molecule has 0 aliphatic carbocycles. The van der Waals surface area contributed by atoms with Gasteiger partial charge in [-0.3, -0.25) is 4.68 Å². The van der Waals surface area contributed by atoms with Crippen LogP contribution in [0.1, 0.15) is 41.8 Å². The molecule has 136 valence electrons. The van der Waals surface area contributed by atoms with E-state index in [1.807, 2.05) is 36.7 Å². The van der Waals surface area contributed by atoms with Gasteiger partial charge in [0, 0.05) is 30.9 Å². The van der Waals surface area contributed by atoms with Crippen molar-refractivity contribution < 1.29 is 8.42 Å². The summed E-state index contributed by atoms with van der Waals surface area (Å²) in [5.41, 5.74) is 4.00. The number of hydrogen-bond donors (Lipinski definition) is 1. The van der Waals surface area contributed by atoms with E-state index >= 15 is 0 Å². The van der Waals surface area contributed by atoms with Gasteiger partial charge in [-0.1, -0.05) is 36.8 Å². The number of hydrogen-bond acceptors (Lipinski definition) is 3. The number of aromatic nitrogens is 2. The Morgan fingerprint density at radius 1 is 1.08 bits per heavy atom. The number of piperidine rings is 1. The van der Waals surface area contributed by atoms with Crippen LogP contribution in [0.3, 0.4) is 0 Å². The second-order valence-corrected chi connectivity index (χ2v) is 8.33. The van der Waals surface area contributed by atoms with E-state index in [1.165, 1.54) is 5.56 Å². The normalized spacial score (nSPS) is 16.2. The van der Waals surface area contributed by atoms with Gasteiger partial charge >= 0.3 is 0 Å². The predicted octanol–water partition coefficient (Wildman–Crippen LogP) is 2.37. The molecule has 3 rings (SSSR count). The Bertz CT molecular complexity index is 809. The molecule has 0 bridgehead atoms. The van der Waals surface area contributed by atoms with Crippen LogP contribution in [-0.4, -0.2) is 35.6 Å². The number of benzene rings is 1. The molecule has 1 N–H and O–H groups in total. The Morgan fingerprint density at radius 2 is 1.76 bits per heavy atom. The second kappa shape index (κ2) is 7.68. The fourth-order valence-corrected chi connectivity index (χ4v) is 4.51.